The SMILES string of the molecule is CCC1C(C=O)N(C)c2cnc(Cl)nc2N1c1ccc(F)cc1. The lowest BCUT2D eigenvalue weighted by Gasteiger charge is -2.45. The van der Waals surface area contributed by atoms with Crippen LogP contribution in [0.3, 0.4) is 0 Å². The highest BCUT2D eigenvalue weighted by Crippen LogP contribution is 2.41. The summed E-state index contributed by atoms with van der Waals surface area (Å²) in [5, 5.41) is 0.128. The van der Waals surface area contributed by atoms with Crippen molar-refractivity contribution in [2.75, 3.05) is 16.8 Å². The fourth-order valence-electron chi connectivity index (χ4n) is 3.02. The van der Waals surface area contributed by atoms with Crippen LogP contribution in [-0.4, -0.2) is 35.4 Å². The van der Waals surface area contributed by atoms with Gasteiger partial charge in [0.15, 0.2) is 5.82 Å². The molecular formula is C16H16ClFN4O. The number of hydrogen-bond acceptors (Lipinski definition) is 5. The Hall–Kier alpha value is -2.21. The Morgan fingerprint density at radius 1 is 1.35 bits per heavy atom. The molecule has 1 aliphatic rings. The zero-order valence-corrected chi connectivity index (χ0v) is 13.5. The minimum Gasteiger partial charge on any atom is -0.359 e. The fraction of sp³-hybridized carbons (Fsp3) is 0.312. The first-order chi connectivity index (χ1) is 11.1. The molecule has 0 saturated heterocycles. The van der Waals surface area contributed by atoms with Crippen LogP contribution < -0.4 is 9.80 Å². The van der Waals surface area contributed by atoms with Gasteiger partial charge in [-0.2, -0.15) is 4.98 Å². The van der Waals surface area contributed by atoms with Gasteiger partial charge in [0.25, 0.3) is 0 Å². The Labute approximate surface area is 138 Å². The second-order valence-electron chi connectivity index (χ2n) is 5.41. The number of carbonyl (C=O) groups is 1. The van der Waals surface area contributed by atoms with Crippen LogP contribution in [0.15, 0.2) is 30.5 Å². The molecule has 2 unspecified atom stereocenters. The lowest BCUT2D eigenvalue weighted by Crippen LogP contribution is -2.54. The van der Waals surface area contributed by atoms with E-state index in [-0.39, 0.29) is 23.2 Å². The van der Waals surface area contributed by atoms with Gasteiger partial charge in [-0.15, -0.1) is 0 Å². The van der Waals surface area contributed by atoms with E-state index < -0.39 is 0 Å². The number of rotatable bonds is 3. The summed E-state index contributed by atoms with van der Waals surface area (Å²) in [6, 6.07) is 5.62. The number of halogens is 2. The maximum atomic E-state index is 13.3. The molecule has 0 radical (unpaired) electrons. The van der Waals surface area contributed by atoms with Crippen molar-refractivity contribution < 1.29 is 9.18 Å². The Balaban J connectivity index is 2.21. The number of aromatic nitrogens is 2. The highest BCUT2D eigenvalue weighted by atomic mass is 35.5. The molecule has 3 rings (SSSR count). The van der Waals surface area contributed by atoms with Gasteiger partial charge >= 0.3 is 0 Å². The molecule has 0 aliphatic carbocycles. The van der Waals surface area contributed by atoms with Gasteiger partial charge in [-0.1, -0.05) is 6.92 Å². The maximum absolute atomic E-state index is 13.3. The Morgan fingerprint density at radius 2 is 2.04 bits per heavy atom. The van der Waals surface area contributed by atoms with Gasteiger partial charge in [-0.25, -0.2) is 9.37 Å². The van der Waals surface area contributed by atoms with E-state index in [1.165, 1.54) is 12.1 Å². The van der Waals surface area contributed by atoms with E-state index in [0.717, 1.165) is 12.0 Å². The molecule has 120 valence electrons. The van der Waals surface area contributed by atoms with Crippen molar-refractivity contribution in [3.63, 3.8) is 0 Å². The first-order valence-corrected chi connectivity index (χ1v) is 7.70. The van der Waals surface area contributed by atoms with E-state index in [1.807, 2.05) is 23.8 Å². The van der Waals surface area contributed by atoms with Gasteiger partial charge in [0.05, 0.1) is 17.9 Å². The average molecular weight is 335 g/mol. The van der Waals surface area contributed by atoms with Crippen LogP contribution in [0.1, 0.15) is 13.3 Å². The molecule has 1 aromatic carbocycles. The standard InChI is InChI=1S/C16H16ClFN4O/c1-3-12-14(9-23)21(2)13-8-19-16(17)20-15(13)22(12)11-6-4-10(18)5-7-11/h4-9,12,14H,3H2,1-2H3. The van der Waals surface area contributed by atoms with Crippen LogP contribution in [0.4, 0.5) is 21.6 Å². The third-order valence-corrected chi connectivity index (χ3v) is 4.35. The quantitative estimate of drug-likeness (QED) is 0.637. The lowest BCUT2D eigenvalue weighted by molar-refractivity contribution is -0.109. The molecule has 5 nitrogen and oxygen atoms in total. The van der Waals surface area contributed by atoms with Crippen LogP contribution in [0.2, 0.25) is 5.28 Å². The smallest absolute Gasteiger partial charge is 0.224 e. The molecule has 0 amide bonds. The first-order valence-electron chi connectivity index (χ1n) is 7.32. The zero-order valence-electron chi connectivity index (χ0n) is 12.8. The lowest BCUT2D eigenvalue weighted by atomic mass is 9.98. The summed E-state index contributed by atoms with van der Waals surface area (Å²) in [6.45, 7) is 2.00. The van der Waals surface area contributed by atoms with Gasteiger partial charge in [-0.05, 0) is 42.3 Å². The topological polar surface area (TPSA) is 49.3 Å². The maximum Gasteiger partial charge on any atom is 0.224 e. The summed E-state index contributed by atoms with van der Waals surface area (Å²) in [4.78, 5) is 23.8. The number of carbonyl (C=O) groups excluding carboxylic acids is 1. The predicted molar refractivity (Wildman–Crippen MR) is 87.9 cm³/mol. The molecule has 1 aromatic heterocycles. The monoisotopic (exact) mass is 334 g/mol. The minimum atomic E-state index is -0.359. The Bertz CT molecular complexity index is 725. The average Bonchev–Trinajstić information content (AvgIpc) is 2.55. The summed E-state index contributed by atoms with van der Waals surface area (Å²) in [5.41, 5.74) is 1.47. The van der Waals surface area contributed by atoms with Gasteiger partial charge in [0.2, 0.25) is 5.28 Å². The van der Waals surface area contributed by atoms with Crippen LogP contribution in [0.25, 0.3) is 0 Å². The van der Waals surface area contributed by atoms with Crippen molar-refractivity contribution >= 4 is 35.1 Å². The van der Waals surface area contributed by atoms with Crippen molar-refractivity contribution in [1.29, 1.82) is 0 Å². The minimum absolute atomic E-state index is 0.128. The number of anilines is 3. The van der Waals surface area contributed by atoms with Crippen molar-refractivity contribution in [3.8, 4) is 0 Å². The van der Waals surface area contributed by atoms with Gasteiger partial charge in [0.1, 0.15) is 18.1 Å². The van der Waals surface area contributed by atoms with Crippen molar-refractivity contribution in [2.24, 2.45) is 0 Å². The van der Waals surface area contributed by atoms with Crippen LogP contribution in [0, 0.1) is 5.82 Å². The summed E-state index contributed by atoms with van der Waals surface area (Å²) in [7, 11) is 1.83. The van der Waals surface area contributed by atoms with Crippen molar-refractivity contribution in [3.05, 3.63) is 41.6 Å². The van der Waals surface area contributed by atoms with Gasteiger partial charge in [0, 0.05) is 12.7 Å². The normalized spacial score (nSPS) is 20.3. The molecule has 2 atom stereocenters. The fourth-order valence-corrected chi connectivity index (χ4v) is 3.15. The first kappa shape index (κ1) is 15.7. The van der Waals surface area contributed by atoms with Gasteiger partial charge < -0.3 is 14.6 Å². The summed E-state index contributed by atoms with van der Waals surface area (Å²) in [5.74, 6) is 0.299. The molecule has 2 heterocycles. The van der Waals surface area contributed by atoms with E-state index >= 15 is 0 Å². The van der Waals surface area contributed by atoms with E-state index in [4.69, 9.17) is 11.6 Å². The highest BCUT2D eigenvalue weighted by molar-refractivity contribution is 6.28. The van der Waals surface area contributed by atoms with Crippen LogP contribution in [-0.2, 0) is 4.79 Å². The second kappa shape index (κ2) is 6.12. The zero-order chi connectivity index (χ0) is 16.6. The molecule has 2 aromatic rings. The Morgan fingerprint density at radius 3 is 2.65 bits per heavy atom. The summed E-state index contributed by atoms with van der Waals surface area (Å²) >= 11 is 5.97. The van der Waals surface area contributed by atoms with E-state index in [9.17, 15) is 9.18 Å². The molecule has 1 aliphatic heterocycles. The summed E-state index contributed by atoms with van der Waals surface area (Å²) < 4.78 is 13.3. The highest BCUT2D eigenvalue weighted by Gasteiger charge is 2.38. The molecular weight excluding hydrogens is 319 g/mol. The number of nitrogens with zero attached hydrogens (tertiary/aromatic N) is 4. The predicted octanol–water partition coefficient (Wildman–Crippen LogP) is 3.20. The third-order valence-electron chi connectivity index (χ3n) is 4.16. The van der Waals surface area contributed by atoms with Crippen molar-refractivity contribution in [1.82, 2.24) is 9.97 Å². The third kappa shape index (κ3) is 2.63. The van der Waals surface area contributed by atoms with Crippen molar-refractivity contribution in [2.45, 2.75) is 25.4 Å². The van der Waals surface area contributed by atoms with Gasteiger partial charge in [-0.3, -0.25) is 0 Å². The number of hydrogen-bond donors (Lipinski definition) is 0. The summed E-state index contributed by atoms with van der Waals surface area (Å²) in [6.07, 6.45) is 3.23. The molecule has 0 N–H and O–H groups in total. The molecule has 0 fully saturated rings. The molecule has 0 bridgehead atoms. The molecule has 0 saturated carbocycles. The van der Waals surface area contributed by atoms with E-state index in [1.54, 1.807) is 18.3 Å². The molecule has 0 spiro atoms. The van der Waals surface area contributed by atoms with E-state index in [2.05, 4.69) is 9.97 Å². The Kier molecular flexibility index (Phi) is 4.17. The van der Waals surface area contributed by atoms with Crippen LogP contribution in [0.5, 0.6) is 0 Å². The largest absolute Gasteiger partial charge is 0.359 e. The van der Waals surface area contributed by atoms with E-state index in [0.29, 0.717) is 17.9 Å². The van der Waals surface area contributed by atoms with Crippen LogP contribution >= 0.6 is 11.6 Å². The number of likely N-dealkylation sites (N-methyl/N-ethyl adjacent to an activating group) is 1. The number of fused-ring (bicyclic) bond motifs is 1. The second-order valence-corrected chi connectivity index (χ2v) is 5.75. The molecule has 7 heteroatoms. The molecule has 23 heavy (non-hydrogen) atoms. The number of aldehydes is 1. The number of benzene rings is 1.